The van der Waals surface area contributed by atoms with Gasteiger partial charge >= 0.3 is 11.9 Å². The average Bonchev–Trinajstić information content (AvgIpc) is 3.24. The Morgan fingerprint density at radius 3 is 2.34 bits per heavy atom. The lowest BCUT2D eigenvalue weighted by Crippen LogP contribution is -2.13. The molecule has 6 nitrogen and oxygen atoms in total. The monoisotopic (exact) mass is 515 g/mol. The molecule has 0 spiro atoms. The zero-order chi connectivity index (χ0) is 27.2. The maximum Gasteiger partial charge on any atom is 0.311 e. The highest BCUT2D eigenvalue weighted by atomic mass is 19.1. The third kappa shape index (κ3) is 6.17. The first kappa shape index (κ1) is 26.8. The summed E-state index contributed by atoms with van der Waals surface area (Å²) in [5.74, 6) is -0.662. The fourth-order valence-electron chi connectivity index (χ4n) is 4.38. The van der Waals surface area contributed by atoms with Gasteiger partial charge in [-0.15, -0.1) is 0 Å². The molecule has 0 fully saturated rings. The molecule has 0 aliphatic carbocycles. The molecular formula is C31H30FNO5. The van der Waals surface area contributed by atoms with Gasteiger partial charge in [0.1, 0.15) is 11.9 Å². The highest BCUT2D eigenvalue weighted by Crippen LogP contribution is 2.32. The highest BCUT2D eigenvalue weighted by molar-refractivity contribution is 5.79. The van der Waals surface area contributed by atoms with Crippen LogP contribution in [-0.2, 0) is 31.9 Å². The van der Waals surface area contributed by atoms with E-state index >= 15 is 0 Å². The Labute approximate surface area is 221 Å². The quantitative estimate of drug-likeness (QED) is 0.230. The Kier molecular flexibility index (Phi) is 8.36. The number of halogens is 1. The second-order valence-corrected chi connectivity index (χ2v) is 9.11. The molecule has 0 saturated heterocycles. The van der Waals surface area contributed by atoms with E-state index in [0.717, 1.165) is 27.8 Å². The molecule has 0 bridgehead atoms. The minimum Gasteiger partial charge on any atom is -0.466 e. The van der Waals surface area contributed by atoms with Crippen LogP contribution in [0.4, 0.5) is 4.39 Å². The van der Waals surface area contributed by atoms with Crippen LogP contribution in [0.2, 0.25) is 0 Å². The summed E-state index contributed by atoms with van der Waals surface area (Å²) in [6.07, 6.45) is -0.537. The molecule has 196 valence electrons. The van der Waals surface area contributed by atoms with Gasteiger partial charge in [0.25, 0.3) is 0 Å². The predicted octanol–water partition coefficient (Wildman–Crippen LogP) is 6.72. The van der Waals surface area contributed by atoms with E-state index in [9.17, 15) is 14.0 Å². The molecule has 0 amide bonds. The SMILES string of the molecule is CCOC(=O)Cc1ccc(-c2ccc(-c3onc(C)c3CC(=O)O[C@H](C)c3ccccc3F)cc2C)cc1. The maximum absolute atomic E-state index is 14.1. The lowest BCUT2D eigenvalue weighted by molar-refractivity contribution is -0.148. The van der Waals surface area contributed by atoms with Crippen LogP contribution in [0.5, 0.6) is 0 Å². The largest absolute Gasteiger partial charge is 0.466 e. The van der Waals surface area contributed by atoms with Gasteiger partial charge in [0.05, 0.1) is 25.1 Å². The molecule has 1 atom stereocenters. The van der Waals surface area contributed by atoms with Gasteiger partial charge in [0.2, 0.25) is 0 Å². The van der Waals surface area contributed by atoms with Crippen molar-refractivity contribution >= 4 is 11.9 Å². The number of carbonyl (C=O) groups excluding carboxylic acids is 2. The van der Waals surface area contributed by atoms with Crippen molar-refractivity contribution in [1.82, 2.24) is 5.16 Å². The van der Waals surface area contributed by atoms with E-state index in [1.54, 1.807) is 39.0 Å². The van der Waals surface area contributed by atoms with E-state index in [4.69, 9.17) is 14.0 Å². The number of rotatable bonds is 9. The zero-order valence-electron chi connectivity index (χ0n) is 21.9. The van der Waals surface area contributed by atoms with E-state index in [1.165, 1.54) is 6.07 Å². The van der Waals surface area contributed by atoms with Crippen molar-refractivity contribution < 1.29 is 28.0 Å². The predicted molar refractivity (Wildman–Crippen MR) is 142 cm³/mol. The van der Waals surface area contributed by atoms with Crippen molar-refractivity contribution in [3.8, 4) is 22.5 Å². The molecule has 3 aromatic carbocycles. The average molecular weight is 516 g/mol. The maximum atomic E-state index is 14.1. The first-order chi connectivity index (χ1) is 18.3. The summed E-state index contributed by atoms with van der Waals surface area (Å²) in [6, 6.07) is 19.9. The van der Waals surface area contributed by atoms with Gasteiger partial charge in [-0.2, -0.15) is 0 Å². The summed E-state index contributed by atoms with van der Waals surface area (Å²) < 4.78 is 30.2. The van der Waals surface area contributed by atoms with Crippen LogP contribution in [0.25, 0.3) is 22.5 Å². The Morgan fingerprint density at radius 1 is 0.947 bits per heavy atom. The number of hydrogen-bond donors (Lipinski definition) is 0. The molecule has 0 unspecified atom stereocenters. The number of hydrogen-bond acceptors (Lipinski definition) is 6. The van der Waals surface area contributed by atoms with E-state index in [0.29, 0.717) is 29.2 Å². The standard InChI is InChI=1S/C31H30FNO5/c1-5-36-29(34)17-22-10-12-23(13-11-22)25-15-14-24(16-19(25)2)31-27(20(3)33-38-31)18-30(35)37-21(4)26-8-6-7-9-28(26)32/h6-16,21H,5,17-18H2,1-4H3/t21-/m1/s1. The number of esters is 2. The van der Waals surface area contributed by atoms with Crippen LogP contribution in [0, 0.1) is 19.7 Å². The zero-order valence-corrected chi connectivity index (χ0v) is 21.9. The van der Waals surface area contributed by atoms with Crippen molar-refractivity contribution in [3.63, 3.8) is 0 Å². The summed E-state index contributed by atoms with van der Waals surface area (Å²) in [4.78, 5) is 24.5. The van der Waals surface area contributed by atoms with Crippen LogP contribution in [0.3, 0.4) is 0 Å². The summed E-state index contributed by atoms with van der Waals surface area (Å²) in [5, 5.41) is 4.07. The van der Waals surface area contributed by atoms with Gasteiger partial charge in [-0.3, -0.25) is 9.59 Å². The minimum atomic E-state index is -0.725. The Morgan fingerprint density at radius 2 is 1.66 bits per heavy atom. The molecule has 1 aromatic heterocycles. The van der Waals surface area contributed by atoms with Crippen molar-refractivity contribution in [3.05, 3.63) is 100 Å². The van der Waals surface area contributed by atoms with E-state index in [1.807, 2.05) is 49.4 Å². The molecule has 0 radical (unpaired) electrons. The van der Waals surface area contributed by atoms with Crippen molar-refractivity contribution in [2.45, 2.75) is 46.6 Å². The van der Waals surface area contributed by atoms with E-state index in [2.05, 4.69) is 5.16 Å². The van der Waals surface area contributed by atoms with Gasteiger partial charge < -0.3 is 14.0 Å². The minimum absolute atomic E-state index is 0.0494. The topological polar surface area (TPSA) is 78.6 Å². The summed E-state index contributed by atoms with van der Waals surface area (Å²) in [5.41, 5.74) is 6.28. The Bertz CT molecular complexity index is 1440. The van der Waals surface area contributed by atoms with Gasteiger partial charge in [0.15, 0.2) is 5.76 Å². The van der Waals surface area contributed by atoms with Crippen LogP contribution < -0.4 is 0 Å². The number of ether oxygens (including phenoxy) is 2. The molecule has 0 saturated carbocycles. The molecule has 7 heteroatoms. The normalized spacial score (nSPS) is 11.7. The molecular weight excluding hydrogens is 485 g/mol. The fourth-order valence-corrected chi connectivity index (χ4v) is 4.38. The Hall–Kier alpha value is -4.26. The number of aromatic nitrogens is 1. The number of carbonyl (C=O) groups is 2. The molecule has 4 aromatic rings. The second-order valence-electron chi connectivity index (χ2n) is 9.11. The summed E-state index contributed by atoms with van der Waals surface area (Å²) in [7, 11) is 0. The third-order valence-corrected chi connectivity index (χ3v) is 6.36. The number of nitrogens with zero attached hydrogens (tertiary/aromatic N) is 1. The van der Waals surface area contributed by atoms with Crippen LogP contribution >= 0.6 is 0 Å². The first-order valence-electron chi connectivity index (χ1n) is 12.5. The lowest BCUT2D eigenvalue weighted by Gasteiger charge is -2.14. The van der Waals surface area contributed by atoms with Crippen LogP contribution in [-0.4, -0.2) is 23.7 Å². The number of aryl methyl sites for hydroxylation is 2. The van der Waals surface area contributed by atoms with Crippen molar-refractivity contribution in [1.29, 1.82) is 0 Å². The molecule has 0 aliphatic rings. The van der Waals surface area contributed by atoms with Gasteiger partial charge in [-0.1, -0.05) is 59.8 Å². The van der Waals surface area contributed by atoms with E-state index < -0.39 is 17.9 Å². The summed E-state index contributed by atoms with van der Waals surface area (Å²) in [6.45, 7) is 7.57. The molecule has 0 aliphatic heterocycles. The van der Waals surface area contributed by atoms with Crippen molar-refractivity contribution in [2.24, 2.45) is 0 Å². The second kappa shape index (κ2) is 11.9. The van der Waals surface area contributed by atoms with Gasteiger partial charge in [0, 0.05) is 16.7 Å². The summed E-state index contributed by atoms with van der Waals surface area (Å²) >= 11 is 0. The fraction of sp³-hybridized carbons (Fsp3) is 0.258. The van der Waals surface area contributed by atoms with E-state index in [-0.39, 0.29) is 18.8 Å². The molecule has 1 heterocycles. The van der Waals surface area contributed by atoms with Gasteiger partial charge in [-0.05, 0) is 62.1 Å². The van der Waals surface area contributed by atoms with Gasteiger partial charge in [-0.25, -0.2) is 4.39 Å². The van der Waals surface area contributed by atoms with Crippen LogP contribution in [0.1, 0.15) is 47.9 Å². The number of benzene rings is 3. The smallest absolute Gasteiger partial charge is 0.311 e. The molecule has 38 heavy (non-hydrogen) atoms. The third-order valence-electron chi connectivity index (χ3n) is 6.36. The van der Waals surface area contributed by atoms with Crippen LogP contribution in [0.15, 0.2) is 71.3 Å². The molecule has 0 N–H and O–H groups in total. The lowest BCUT2D eigenvalue weighted by atomic mass is 9.95. The van der Waals surface area contributed by atoms with Crippen molar-refractivity contribution in [2.75, 3.05) is 6.61 Å². The first-order valence-corrected chi connectivity index (χ1v) is 12.5. The molecule has 4 rings (SSSR count). The highest BCUT2D eigenvalue weighted by Gasteiger charge is 2.22. The Balaban J connectivity index is 1.50.